The number of nitrogens with one attached hydrogen (secondary N) is 2. The highest BCUT2D eigenvalue weighted by Crippen LogP contribution is 2.21. The number of rotatable bonds is 7. The van der Waals surface area contributed by atoms with Crippen molar-refractivity contribution >= 4 is 29.9 Å². The van der Waals surface area contributed by atoms with Crippen molar-refractivity contribution in [1.82, 2.24) is 15.5 Å². The highest BCUT2D eigenvalue weighted by Gasteiger charge is 2.17. The van der Waals surface area contributed by atoms with Crippen LogP contribution in [0, 0.1) is 0 Å². The molecule has 20 heavy (non-hydrogen) atoms. The maximum absolute atomic E-state index is 4.21. The Kier molecular flexibility index (Phi) is 12.7. The summed E-state index contributed by atoms with van der Waals surface area (Å²) in [6, 6.07) is 0.825. The van der Waals surface area contributed by atoms with Gasteiger partial charge in [0.15, 0.2) is 5.96 Å². The Bertz CT molecular complexity index is 252. The molecule has 0 aromatic heterocycles. The summed E-state index contributed by atoms with van der Waals surface area (Å²) in [5, 5.41) is 6.67. The first-order chi connectivity index (χ1) is 9.27. The van der Waals surface area contributed by atoms with E-state index in [1.54, 1.807) is 0 Å². The van der Waals surface area contributed by atoms with Crippen LogP contribution in [0.1, 0.15) is 51.9 Å². The second kappa shape index (κ2) is 12.7. The maximum Gasteiger partial charge on any atom is 0.190 e. The van der Waals surface area contributed by atoms with E-state index in [1.165, 1.54) is 45.1 Å². The van der Waals surface area contributed by atoms with Gasteiger partial charge in [-0.15, -0.1) is 24.0 Å². The summed E-state index contributed by atoms with van der Waals surface area (Å²) in [6.45, 7) is 5.34. The molecule has 2 N–H and O–H groups in total. The zero-order valence-electron chi connectivity index (χ0n) is 13.5. The molecule has 0 radical (unpaired) electrons. The summed E-state index contributed by atoms with van der Waals surface area (Å²) in [7, 11) is 4.11. The Labute approximate surface area is 142 Å². The molecule has 1 aliphatic rings. The van der Waals surface area contributed by atoms with Crippen LogP contribution < -0.4 is 10.6 Å². The van der Waals surface area contributed by atoms with E-state index < -0.39 is 0 Å². The molecule has 0 aromatic rings. The van der Waals surface area contributed by atoms with Crippen molar-refractivity contribution in [2.75, 3.05) is 33.7 Å². The van der Waals surface area contributed by atoms with Crippen molar-refractivity contribution in [2.24, 2.45) is 4.99 Å². The van der Waals surface area contributed by atoms with E-state index in [0.29, 0.717) is 0 Å². The van der Waals surface area contributed by atoms with Crippen LogP contribution in [0.4, 0.5) is 0 Å². The van der Waals surface area contributed by atoms with Crippen LogP contribution >= 0.6 is 24.0 Å². The third-order valence-corrected chi connectivity index (χ3v) is 3.94. The summed E-state index contributed by atoms with van der Waals surface area (Å²) in [6.07, 6.45) is 9.37. The molecule has 1 rings (SSSR count). The summed E-state index contributed by atoms with van der Waals surface area (Å²) in [5.41, 5.74) is 0. The average Bonchev–Trinajstić information content (AvgIpc) is 2.47. The van der Waals surface area contributed by atoms with Gasteiger partial charge in [-0.05, 0) is 39.3 Å². The van der Waals surface area contributed by atoms with Crippen molar-refractivity contribution in [1.29, 1.82) is 0 Å². The molecule has 0 amide bonds. The van der Waals surface area contributed by atoms with Crippen LogP contribution in [-0.2, 0) is 0 Å². The van der Waals surface area contributed by atoms with Gasteiger partial charge in [0.25, 0.3) is 0 Å². The van der Waals surface area contributed by atoms with Gasteiger partial charge < -0.3 is 15.5 Å². The Morgan fingerprint density at radius 3 is 2.40 bits per heavy atom. The smallest absolute Gasteiger partial charge is 0.190 e. The maximum atomic E-state index is 4.21. The van der Waals surface area contributed by atoms with Crippen LogP contribution in [0.5, 0.6) is 0 Å². The molecule has 0 aromatic carbocycles. The molecule has 1 aliphatic carbocycles. The van der Waals surface area contributed by atoms with Crippen LogP contribution in [0.25, 0.3) is 0 Å². The normalized spacial score (nSPS) is 16.9. The van der Waals surface area contributed by atoms with Gasteiger partial charge in [-0.1, -0.05) is 26.2 Å². The monoisotopic (exact) mass is 396 g/mol. The lowest BCUT2D eigenvalue weighted by Crippen LogP contribution is -2.40. The quantitative estimate of drug-likeness (QED) is 0.301. The first-order valence-corrected chi connectivity index (χ1v) is 7.92. The molecule has 5 heteroatoms. The molecule has 0 bridgehead atoms. The fraction of sp³-hybridized carbons (Fsp3) is 0.933. The van der Waals surface area contributed by atoms with Gasteiger partial charge in [-0.2, -0.15) is 0 Å². The number of nitrogens with zero attached hydrogens (tertiary/aromatic N) is 2. The summed E-state index contributed by atoms with van der Waals surface area (Å²) >= 11 is 0. The number of hydrogen-bond acceptors (Lipinski definition) is 2. The SMILES string of the molecule is CCCNC(=NC)NCCCN(C)C1CCCCC1.I. The third-order valence-electron chi connectivity index (χ3n) is 3.94. The van der Waals surface area contributed by atoms with Gasteiger partial charge in [0.2, 0.25) is 0 Å². The van der Waals surface area contributed by atoms with E-state index in [2.05, 4.69) is 34.5 Å². The lowest BCUT2D eigenvalue weighted by molar-refractivity contribution is 0.190. The highest BCUT2D eigenvalue weighted by atomic mass is 127. The van der Waals surface area contributed by atoms with Gasteiger partial charge in [-0.25, -0.2) is 0 Å². The first-order valence-electron chi connectivity index (χ1n) is 7.92. The molecule has 0 unspecified atom stereocenters. The molecule has 0 saturated heterocycles. The number of halogens is 1. The minimum Gasteiger partial charge on any atom is -0.356 e. The average molecular weight is 396 g/mol. The summed E-state index contributed by atoms with van der Waals surface area (Å²) < 4.78 is 0. The molecular weight excluding hydrogens is 363 g/mol. The van der Waals surface area contributed by atoms with Gasteiger partial charge in [0, 0.05) is 26.2 Å². The Balaban J connectivity index is 0.00000361. The Morgan fingerprint density at radius 1 is 1.15 bits per heavy atom. The molecule has 0 aliphatic heterocycles. The van der Waals surface area contributed by atoms with E-state index in [1.807, 2.05) is 7.05 Å². The minimum atomic E-state index is 0. The molecule has 120 valence electrons. The number of aliphatic imine (C=N–C) groups is 1. The summed E-state index contributed by atoms with van der Waals surface area (Å²) in [4.78, 5) is 6.76. The molecule has 4 nitrogen and oxygen atoms in total. The van der Waals surface area contributed by atoms with Crippen molar-refractivity contribution in [3.05, 3.63) is 0 Å². The minimum absolute atomic E-state index is 0. The molecule has 0 spiro atoms. The van der Waals surface area contributed by atoms with Crippen molar-refractivity contribution in [3.8, 4) is 0 Å². The lowest BCUT2D eigenvalue weighted by Gasteiger charge is -2.31. The van der Waals surface area contributed by atoms with Gasteiger partial charge in [0.05, 0.1) is 0 Å². The van der Waals surface area contributed by atoms with Crippen molar-refractivity contribution in [3.63, 3.8) is 0 Å². The number of hydrogen-bond donors (Lipinski definition) is 2. The van der Waals surface area contributed by atoms with Crippen LogP contribution in [0.15, 0.2) is 4.99 Å². The second-order valence-electron chi connectivity index (χ2n) is 5.55. The van der Waals surface area contributed by atoms with Crippen molar-refractivity contribution < 1.29 is 0 Å². The van der Waals surface area contributed by atoms with E-state index in [-0.39, 0.29) is 24.0 Å². The van der Waals surface area contributed by atoms with Gasteiger partial charge in [0.1, 0.15) is 0 Å². The lowest BCUT2D eigenvalue weighted by atomic mass is 9.94. The molecule has 0 heterocycles. The largest absolute Gasteiger partial charge is 0.356 e. The highest BCUT2D eigenvalue weighted by molar-refractivity contribution is 14.0. The van der Waals surface area contributed by atoms with Crippen LogP contribution in [0.2, 0.25) is 0 Å². The zero-order chi connectivity index (χ0) is 13.9. The van der Waals surface area contributed by atoms with E-state index >= 15 is 0 Å². The molecular formula is C15H33IN4. The fourth-order valence-electron chi connectivity index (χ4n) is 2.70. The first kappa shape index (κ1) is 20.0. The summed E-state index contributed by atoms with van der Waals surface area (Å²) in [5.74, 6) is 0.933. The molecule has 1 saturated carbocycles. The van der Waals surface area contributed by atoms with Gasteiger partial charge in [-0.3, -0.25) is 4.99 Å². The van der Waals surface area contributed by atoms with E-state index in [0.717, 1.165) is 31.5 Å². The zero-order valence-corrected chi connectivity index (χ0v) is 15.8. The standard InChI is InChI=1S/C15H32N4.HI/c1-4-11-17-15(16-2)18-12-8-13-19(3)14-9-6-5-7-10-14;/h14H,4-13H2,1-3H3,(H2,16,17,18);1H. The molecule has 0 atom stereocenters. The van der Waals surface area contributed by atoms with E-state index in [9.17, 15) is 0 Å². The van der Waals surface area contributed by atoms with E-state index in [4.69, 9.17) is 0 Å². The topological polar surface area (TPSA) is 39.7 Å². The second-order valence-corrected chi connectivity index (χ2v) is 5.55. The fourth-order valence-corrected chi connectivity index (χ4v) is 2.70. The van der Waals surface area contributed by atoms with Crippen LogP contribution in [-0.4, -0.2) is 50.6 Å². The Morgan fingerprint density at radius 2 is 1.80 bits per heavy atom. The van der Waals surface area contributed by atoms with Gasteiger partial charge >= 0.3 is 0 Å². The Hall–Kier alpha value is -0.0400. The predicted molar refractivity (Wildman–Crippen MR) is 99.2 cm³/mol. The van der Waals surface area contributed by atoms with Crippen molar-refractivity contribution in [2.45, 2.75) is 57.9 Å². The third kappa shape index (κ3) is 8.29. The molecule has 1 fully saturated rings. The predicted octanol–water partition coefficient (Wildman–Crippen LogP) is 2.83. The number of guanidine groups is 1. The van der Waals surface area contributed by atoms with Crippen LogP contribution in [0.3, 0.4) is 0 Å².